The van der Waals surface area contributed by atoms with Crippen molar-refractivity contribution in [3.05, 3.63) is 120 Å². The van der Waals surface area contributed by atoms with Crippen molar-refractivity contribution in [2.24, 2.45) is 0 Å². The summed E-state index contributed by atoms with van der Waals surface area (Å²) < 4.78 is 42.1. The van der Waals surface area contributed by atoms with Gasteiger partial charge in [0.25, 0.3) is 15.9 Å². The lowest BCUT2D eigenvalue weighted by molar-refractivity contribution is -0.114. The minimum atomic E-state index is -4.23. The molecule has 0 spiro atoms. The number of nitrogens with one attached hydrogen (secondary N) is 2. The molecule has 4 aromatic carbocycles. The van der Waals surface area contributed by atoms with Gasteiger partial charge in [-0.2, -0.15) is 0 Å². The molecule has 0 radical (unpaired) electrons. The minimum Gasteiger partial charge on any atom is -0.352 e. The van der Waals surface area contributed by atoms with E-state index in [1.807, 2.05) is 36.6 Å². The Morgan fingerprint density at radius 3 is 2.27 bits per heavy atom. The zero-order valence-corrected chi connectivity index (χ0v) is 23.3. The van der Waals surface area contributed by atoms with Gasteiger partial charge in [-0.15, -0.1) is 11.8 Å². The average molecular weight is 578 g/mol. The standard InChI is InChI=1S/C30H28FN3O4S2/c1-39-25-14-16-26(17-15-25)40(37,38)34(24-11-7-10-23(31)20-24)21-29(35)33-28-13-6-5-12-27(28)30(36)32-19-18-22-8-3-2-4-9-22/h2-17,20H,18-19,21H2,1H3,(H,32,36)(H,33,35). The summed E-state index contributed by atoms with van der Waals surface area (Å²) in [5, 5.41) is 5.50. The van der Waals surface area contributed by atoms with Crippen LogP contribution in [0.2, 0.25) is 0 Å². The van der Waals surface area contributed by atoms with Crippen LogP contribution in [0.4, 0.5) is 15.8 Å². The van der Waals surface area contributed by atoms with E-state index in [1.54, 1.807) is 36.4 Å². The molecule has 0 bridgehead atoms. The number of anilines is 2. The van der Waals surface area contributed by atoms with Gasteiger partial charge in [-0.05, 0) is 72.8 Å². The van der Waals surface area contributed by atoms with E-state index in [1.165, 1.54) is 42.1 Å². The molecular formula is C30H28FN3O4S2. The van der Waals surface area contributed by atoms with E-state index in [-0.39, 0.29) is 27.7 Å². The van der Waals surface area contributed by atoms with Gasteiger partial charge in [-0.25, -0.2) is 12.8 Å². The smallest absolute Gasteiger partial charge is 0.264 e. The predicted octanol–water partition coefficient (Wildman–Crippen LogP) is 5.35. The normalized spacial score (nSPS) is 11.1. The molecule has 0 aliphatic rings. The van der Waals surface area contributed by atoms with Crippen molar-refractivity contribution in [2.45, 2.75) is 16.2 Å². The Morgan fingerprint density at radius 2 is 1.57 bits per heavy atom. The van der Waals surface area contributed by atoms with Crippen LogP contribution in [-0.2, 0) is 21.2 Å². The van der Waals surface area contributed by atoms with Gasteiger partial charge in [0.15, 0.2) is 0 Å². The highest BCUT2D eigenvalue weighted by Crippen LogP contribution is 2.26. The Hall–Kier alpha value is -4.15. The number of para-hydroxylation sites is 1. The highest BCUT2D eigenvalue weighted by molar-refractivity contribution is 7.98. The third-order valence-corrected chi connectivity index (χ3v) is 8.55. The van der Waals surface area contributed by atoms with E-state index < -0.39 is 28.3 Å². The summed E-state index contributed by atoms with van der Waals surface area (Å²) in [7, 11) is -4.23. The molecule has 0 aliphatic carbocycles. The van der Waals surface area contributed by atoms with Gasteiger partial charge < -0.3 is 10.6 Å². The first-order chi connectivity index (χ1) is 19.3. The zero-order chi connectivity index (χ0) is 28.5. The Bertz CT molecular complexity index is 1580. The number of hydrogen-bond acceptors (Lipinski definition) is 5. The van der Waals surface area contributed by atoms with Crippen molar-refractivity contribution in [3.8, 4) is 0 Å². The van der Waals surface area contributed by atoms with Crippen molar-refractivity contribution in [3.63, 3.8) is 0 Å². The number of halogens is 1. The number of thioether (sulfide) groups is 1. The van der Waals surface area contributed by atoms with Gasteiger partial charge in [0.2, 0.25) is 5.91 Å². The van der Waals surface area contributed by atoms with Crippen LogP contribution in [0.25, 0.3) is 0 Å². The first-order valence-corrected chi connectivity index (χ1v) is 15.1. The molecule has 10 heteroatoms. The summed E-state index contributed by atoms with van der Waals surface area (Å²) in [6.45, 7) is -0.244. The topological polar surface area (TPSA) is 95.6 Å². The molecule has 2 amide bonds. The number of carbonyl (C=O) groups is 2. The van der Waals surface area contributed by atoms with Gasteiger partial charge in [-0.3, -0.25) is 13.9 Å². The fourth-order valence-corrected chi connectivity index (χ4v) is 5.81. The van der Waals surface area contributed by atoms with E-state index in [0.717, 1.165) is 20.8 Å². The Kier molecular flexibility index (Phi) is 9.57. The summed E-state index contributed by atoms with van der Waals surface area (Å²) in [4.78, 5) is 26.9. The summed E-state index contributed by atoms with van der Waals surface area (Å²) in [5.74, 6) is -1.72. The van der Waals surface area contributed by atoms with Crippen LogP contribution in [0.1, 0.15) is 15.9 Å². The average Bonchev–Trinajstić information content (AvgIpc) is 2.96. The quantitative estimate of drug-likeness (QED) is 0.234. The number of rotatable bonds is 11. The maximum Gasteiger partial charge on any atom is 0.264 e. The van der Waals surface area contributed by atoms with Crippen molar-refractivity contribution in [1.29, 1.82) is 0 Å². The predicted molar refractivity (Wildman–Crippen MR) is 157 cm³/mol. The summed E-state index contributed by atoms with van der Waals surface area (Å²) in [5.41, 5.74) is 1.53. The second-order valence-electron chi connectivity index (χ2n) is 8.75. The summed E-state index contributed by atoms with van der Waals surface area (Å²) in [6.07, 6.45) is 2.51. The Balaban J connectivity index is 1.53. The van der Waals surface area contributed by atoms with Crippen LogP contribution >= 0.6 is 11.8 Å². The maximum absolute atomic E-state index is 14.1. The fourth-order valence-electron chi connectivity index (χ4n) is 3.99. The first kappa shape index (κ1) is 28.8. The largest absolute Gasteiger partial charge is 0.352 e. The summed E-state index contributed by atoms with van der Waals surface area (Å²) >= 11 is 1.46. The van der Waals surface area contributed by atoms with E-state index in [0.29, 0.717) is 13.0 Å². The van der Waals surface area contributed by atoms with Crippen molar-refractivity contribution < 1.29 is 22.4 Å². The number of carbonyl (C=O) groups excluding carboxylic acids is 2. The molecule has 0 heterocycles. The molecule has 0 aliphatic heterocycles. The molecule has 0 atom stereocenters. The maximum atomic E-state index is 14.1. The van der Waals surface area contributed by atoms with Gasteiger partial charge in [0, 0.05) is 11.4 Å². The molecule has 4 rings (SSSR count). The molecule has 4 aromatic rings. The Morgan fingerprint density at radius 1 is 0.875 bits per heavy atom. The number of hydrogen-bond donors (Lipinski definition) is 2. The summed E-state index contributed by atoms with van der Waals surface area (Å²) in [6, 6.07) is 27.4. The molecule has 7 nitrogen and oxygen atoms in total. The van der Waals surface area contributed by atoms with Crippen molar-refractivity contribution in [2.75, 3.05) is 29.0 Å². The highest BCUT2D eigenvalue weighted by Gasteiger charge is 2.28. The van der Waals surface area contributed by atoms with Gasteiger partial charge in [0.1, 0.15) is 12.4 Å². The monoisotopic (exact) mass is 577 g/mol. The number of benzene rings is 4. The third-order valence-electron chi connectivity index (χ3n) is 6.02. The fraction of sp³-hybridized carbons (Fsp3) is 0.133. The van der Waals surface area contributed by atoms with Gasteiger partial charge in [0.05, 0.1) is 21.8 Å². The lowest BCUT2D eigenvalue weighted by Gasteiger charge is -2.24. The van der Waals surface area contributed by atoms with Crippen LogP contribution in [0.3, 0.4) is 0 Å². The molecule has 0 saturated heterocycles. The molecule has 0 aromatic heterocycles. The van der Waals surface area contributed by atoms with E-state index in [9.17, 15) is 22.4 Å². The number of sulfonamides is 1. The van der Waals surface area contributed by atoms with Crippen LogP contribution in [0.5, 0.6) is 0 Å². The molecule has 206 valence electrons. The van der Waals surface area contributed by atoms with Crippen molar-refractivity contribution >= 4 is 45.0 Å². The lowest BCUT2D eigenvalue weighted by Crippen LogP contribution is -2.38. The van der Waals surface area contributed by atoms with Crippen LogP contribution < -0.4 is 14.9 Å². The zero-order valence-electron chi connectivity index (χ0n) is 21.7. The van der Waals surface area contributed by atoms with E-state index in [2.05, 4.69) is 10.6 Å². The van der Waals surface area contributed by atoms with Gasteiger partial charge in [-0.1, -0.05) is 48.5 Å². The first-order valence-electron chi connectivity index (χ1n) is 12.4. The molecular weight excluding hydrogens is 549 g/mol. The van der Waals surface area contributed by atoms with E-state index in [4.69, 9.17) is 0 Å². The third kappa shape index (κ3) is 7.28. The molecule has 0 unspecified atom stereocenters. The van der Waals surface area contributed by atoms with Crippen LogP contribution in [0.15, 0.2) is 113 Å². The second kappa shape index (κ2) is 13.3. The molecule has 0 fully saturated rings. The highest BCUT2D eigenvalue weighted by atomic mass is 32.2. The van der Waals surface area contributed by atoms with E-state index >= 15 is 0 Å². The van der Waals surface area contributed by atoms with Crippen molar-refractivity contribution in [1.82, 2.24) is 5.32 Å². The van der Waals surface area contributed by atoms with Gasteiger partial charge >= 0.3 is 0 Å². The lowest BCUT2D eigenvalue weighted by atomic mass is 10.1. The molecule has 40 heavy (non-hydrogen) atoms. The Labute approximate surface area is 237 Å². The molecule has 0 saturated carbocycles. The van der Waals surface area contributed by atoms with Crippen LogP contribution in [0, 0.1) is 5.82 Å². The minimum absolute atomic E-state index is 0.00367. The second-order valence-corrected chi connectivity index (χ2v) is 11.5. The number of nitrogens with zero attached hydrogens (tertiary/aromatic N) is 1. The van der Waals surface area contributed by atoms with Crippen LogP contribution in [-0.4, -0.2) is 39.6 Å². The molecule has 2 N–H and O–H groups in total. The number of amides is 2. The SMILES string of the molecule is CSc1ccc(S(=O)(=O)N(CC(=O)Nc2ccccc2C(=O)NCCc2ccccc2)c2cccc(F)c2)cc1.